The van der Waals surface area contributed by atoms with E-state index in [1.807, 2.05) is 6.08 Å². The maximum atomic E-state index is 12.5. The smallest absolute Gasteiger partial charge is 0.472 e. The number of unbranched alkanes of at least 4 members (excludes halogenated alkanes) is 17. The van der Waals surface area contributed by atoms with E-state index in [-0.39, 0.29) is 13.0 Å². The lowest BCUT2D eigenvalue weighted by atomic mass is 10.0. The van der Waals surface area contributed by atoms with Gasteiger partial charge in [0.05, 0.1) is 26.1 Å². The highest BCUT2D eigenvalue weighted by Gasteiger charge is 2.26. The van der Waals surface area contributed by atoms with Crippen molar-refractivity contribution in [2.24, 2.45) is 0 Å². The number of aliphatic hydroxyl groups is 2. The van der Waals surface area contributed by atoms with E-state index >= 15 is 0 Å². The molecule has 0 aliphatic carbocycles. The van der Waals surface area contributed by atoms with Crippen LogP contribution in [0.4, 0.5) is 0 Å². The van der Waals surface area contributed by atoms with Crippen molar-refractivity contribution < 1.29 is 43.0 Å². The van der Waals surface area contributed by atoms with Crippen LogP contribution in [0.3, 0.4) is 0 Å². The van der Waals surface area contributed by atoms with Crippen molar-refractivity contribution in [1.29, 1.82) is 0 Å². The lowest BCUT2D eigenvalue weighted by Crippen LogP contribution is -2.28. The van der Waals surface area contributed by atoms with Crippen molar-refractivity contribution in [2.75, 3.05) is 26.4 Å². The summed E-state index contributed by atoms with van der Waals surface area (Å²) in [7, 11) is -4.54. The zero-order valence-electron chi connectivity index (χ0n) is 31.6. The number of carbonyl (C=O) groups is 1. The second kappa shape index (κ2) is 37.0. The largest absolute Gasteiger partial charge is 0.498 e. The maximum absolute atomic E-state index is 12.5. The number of aliphatic hydroxyl groups excluding tert-OH is 2. The lowest BCUT2D eigenvalue weighted by Gasteiger charge is -2.20. The van der Waals surface area contributed by atoms with E-state index in [1.54, 1.807) is 6.26 Å². The van der Waals surface area contributed by atoms with Gasteiger partial charge in [-0.25, -0.2) is 4.57 Å². The van der Waals surface area contributed by atoms with Crippen molar-refractivity contribution in [3.05, 3.63) is 48.8 Å². The Bertz CT molecular complexity index is 919. The first-order valence-corrected chi connectivity index (χ1v) is 21.2. The predicted octanol–water partition coefficient (Wildman–Crippen LogP) is 10.6. The fraction of sp³-hybridized carbons (Fsp3) is 0.775. The molecular weight excluding hydrogens is 655 g/mol. The van der Waals surface area contributed by atoms with Gasteiger partial charge in [-0.3, -0.25) is 13.8 Å². The van der Waals surface area contributed by atoms with E-state index in [0.29, 0.717) is 6.42 Å². The number of allylic oxidation sites excluding steroid dienone is 7. The SMILES string of the molecule is CCCCC/C=C\C/C=C\C/C=C\CCCCC(=O)O[C@H](CO/C=C\CCCCCCCCCCCCCC)COP(=O)(O)OC[C@@H](O)CO. The Morgan fingerprint density at radius 1 is 0.620 bits per heavy atom. The fourth-order valence-corrected chi connectivity index (χ4v) is 5.82. The van der Waals surface area contributed by atoms with Gasteiger partial charge >= 0.3 is 13.8 Å². The molecule has 3 atom stereocenters. The van der Waals surface area contributed by atoms with Crippen LogP contribution in [0, 0.1) is 0 Å². The first-order chi connectivity index (χ1) is 24.3. The third kappa shape index (κ3) is 36.1. The second-order valence-electron chi connectivity index (χ2n) is 13.0. The van der Waals surface area contributed by atoms with Crippen LogP contribution in [0.25, 0.3) is 0 Å². The molecule has 0 radical (unpaired) electrons. The van der Waals surface area contributed by atoms with E-state index in [4.69, 9.17) is 23.6 Å². The van der Waals surface area contributed by atoms with Crippen molar-refractivity contribution >= 4 is 13.8 Å². The molecule has 0 amide bonds. The monoisotopic (exact) mass is 728 g/mol. The molecule has 3 N–H and O–H groups in total. The summed E-state index contributed by atoms with van der Waals surface area (Å²) in [5.41, 5.74) is 0. The summed E-state index contributed by atoms with van der Waals surface area (Å²) in [6, 6.07) is 0. The zero-order valence-corrected chi connectivity index (χ0v) is 32.5. The average molecular weight is 729 g/mol. The highest BCUT2D eigenvalue weighted by Crippen LogP contribution is 2.43. The van der Waals surface area contributed by atoms with Crippen molar-refractivity contribution in [1.82, 2.24) is 0 Å². The van der Waals surface area contributed by atoms with Gasteiger partial charge in [0.15, 0.2) is 6.10 Å². The van der Waals surface area contributed by atoms with Crippen molar-refractivity contribution in [2.45, 2.75) is 174 Å². The average Bonchev–Trinajstić information content (AvgIpc) is 3.10. The molecular formula is C40H73O9P. The van der Waals surface area contributed by atoms with Crippen LogP contribution in [0.15, 0.2) is 48.8 Å². The number of esters is 1. The van der Waals surface area contributed by atoms with Gasteiger partial charge in [0.1, 0.15) is 12.7 Å². The molecule has 50 heavy (non-hydrogen) atoms. The summed E-state index contributed by atoms with van der Waals surface area (Å²) in [6.07, 6.45) is 40.1. The van der Waals surface area contributed by atoms with E-state index in [1.165, 1.54) is 89.9 Å². The summed E-state index contributed by atoms with van der Waals surface area (Å²) in [4.78, 5) is 22.4. The molecule has 0 rings (SSSR count). The molecule has 0 aromatic rings. The molecule has 0 spiro atoms. The summed E-state index contributed by atoms with van der Waals surface area (Å²) >= 11 is 0. The lowest BCUT2D eigenvalue weighted by molar-refractivity contribution is -0.153. The minimum atomic E-state index is -4.54. The molecule has 1 unspecified atom stereocenters. The number of rotatable bonds is 37. The topological polar surface area (TPSA) is 132 Å². The van der Waals surface area contributed by atoms with E-state index in [0.717, 1.165) is 44.9 Å². The second-order valence-corrected chi connectivity index (χ2v) is 14.5. The normalized spacial score (nSPS) is 14.7. The summed E-state index contributed by atoms with van der Waals surface area (Å²) in [5, 5.41) is 18.3. The van der Waals surface area contributed by atoms with Crippen LogP contribution < -0.4 is 0 Å². The van der Waals surface area contributed by atoms with Gasteiger partial charge in [-0.1, -0.05) is 134 Å². The molecule has 0 aliphatic rings. The molecule has 292 valence electrons. The first kappa shape index (κ1) is 48.3. The van der Waals surface area contributed by atoms with E-state index < -0.39 is 45.8 Å². The highest BCUT2D eigenvalue weighted by atomic mass is 31.2. The molecule has 0 heterocycles. The summed E-state index contributed by atoms with van der Waals surface area (Å²) in [5.74, 6) is -0.443. The van der Waals surface area contributed by atoms with Crippen LogP contribution in [0.5, 0.6) is 0 Å². The first-order valence-electron chi connectivity index (χ1n) is 19.7. The van der Waals surface area contributed by atoms with Gasteiger partial charge in [0, 0.05) is 6.42 Å². The van der Waals surface area contributed by atoms with E-state index in [2.05, 4.69) is 50.3 Å². The molecule has 0 saturated carbocycles. The van der Waals surface area contributed by atoms with Crippen LogP contribution in [-0.2, 0) is 27.9 Å². The predicted molar refractivity (Wildman–Crippen MR) is 205 cm³/mol. The van der Waals surface area contributed by atoms with Crippen LogP contribution in [0.1, 0.15) is 162 Å². The van der Waals surface area contributed by atoms with Gasteiger partial charge in [0.25, 0.3) is 0 Å². The van der Waals surface area contributed by atoms with Gasteiger partial charge in [0.2, 0.25) is 0 Å². The standard InChI is InChI=1S/C40H73O9P/c1-3-5-7-9-11-13-15-17-19-20-22-24-26-28-30-32-40(43)49-39(37-48-50(44,45)47-35-38(42)34-41)36-46-33-31-29-27-25-23-21-18-16-14-12-10-8-6-4-2/h11,13,17,19,22,24,31,33,38-39,41-42H,3-10,12,14-16,18,20-21,23,25-30,32,34-37H2,1-2H3,(H,44,45)/b13-11-,19-17-,24-22-,33-31-/t38-,39+/m0/s1. The highest BCUT2D eigenvalue weighted by molar-refractivity contribution is 7.47. The zero-order chi connectivity index (χ0) is 36.8. The number of hydrogen-bond donors (Lipinski definition) is 3. The quantitative estimate of drug-likeness (QED) is 0.0188. The van der Waals surface area contributed by atoms with Gasteiger partial charge in [-0.15, -0.1) is 0 Å². The Morgan fingerprint density at radius 3 is 1.66 bits per heavy atom. The summed E-state index contributed by atoms with van der Waals surface area (Å²) in [6.45, 7) is 2.80. The number of phosphoric acid groups is 1. The number of hydrogen-bond acceptors (Lipinski definition) is 8. The Morgan fingerprint density at radius 2 is 1.08 bits per heavy atom. The van der Waals surface area contributed by atoms with Gasteiger partial charge in [-0.05, 0) is 63.9 Å². The Balaban J connectivity index is 4.36. The van der Waals surface area contributed by atoms with Crippen molar-refractivity contribution in [3.63, 3.8) is 0 Å². The minimum absolute atomic E-state index is 0.0507. The minimum Gasteiger partial charge on any atom is -0.498 e. The third-order valence-electron chi connectivity index (χ3n) is 8.08. The fourth-order valence-electron chi connectivity index (χ4n) is 5.03. The molecule has 0 aromatic carbocycles. The van der Waals surface area contributed by atoms with Crippen LogP contribution in [0.2, 0.25) is 0 Å². The molecule has 10 heteroatoms. The van der Waals surface area contributed by atoms with Crippen LogP contribution in [-0.4, -0.2) is 59.7 Å². The molecule has 0 aliphatic heterocycles. The molecule has 0 aromatic heterocycles. The maximum Gasteiger partial charge on any atom is 0.472 e. The third-order valence-corrected chi connectivity index (χ3v) is 9.03. The number of carbonyl (C=O) groups excluding carboxylic acids is 1. The Hall–Kier alpha value is -1.74. The molecule has 9 nitrogen and oxygen atoms in total. The Labute approximate surface area is 305 Å². The molecule has 0 saturated heterocycles. The molecule has 0 fully saturated rings. The van der Waals surface area contributed by atoms with Gasteiger partial charge < -0.3 is 24.6 Å². The Kier molecular flexibility index (Phi) is 35.7. The van der Waals surface area contributed by atoms with Gasteiger partial charge in [-0.2, -0.15) is 0 Å². The number of ether oxygens (including phenoxy) is 2. The molecule has 0 bridgehead atoms. The summed E-state index contributed by atoms with van der Waals surface area (Å²) < 4.78 is 33.0. The van der Waals surface area contributed by atoms with Crippen molar-refractivity contribution in [3.8, 4) is 0 Å². The van der Waals surface area contributed by atoms with E-state index in [9.17, 15) is 19.4 Å². The van der Waals surface area contributed by atoms with Crippen LogP contribution >= 0.6 is 7.82 Å². The number of phosphoric ester groups is 1.